The summed E-state index contributed by atoms with van der Waals surface area (Å²) in [5, 5.41) is 5.26. The lowest BCUT2D eigenvalue weighted by Gasteiger charge is -2.55. The van der Waals surface area contributed by atoms with Gasteiger partial charge in [0.25, 0.3) is 0 Å². The van der Waals surface area contributed by atoms with Gasteiger partial charge in [0.15, 0.2) is 0 Å². The number of thiazole rings is 1. The molecule has 4 aliphatic rings. The maximum atomic E-state index is 12.8. The molecule has 0 unspecified atom stereocenters. The van der Waals surface area contributed by atoms with E-state index < -0.39 is 0 Å². The quantitative estimate of drug-likeness (QED) is 0.631. The highest BCUT2D eigenvalue weighted by Crippen LogP contribution is 2.60. The van der Waals surface area contributed by atoms with E-state index in [-0.39, 0.29) is 5.41 Å². The summed E-state index contributed by atoms with van der Waals surface area (Å²) in [4.78, 5) is 17.0. The van der Waals surface area contributed by atoms with Crippen molar-refractivity contribution in [2.75, 3.05) is 12.3 Å². The average molecular weight is 337 g/mol. The summed E-state index contributed by atoms with van der Waals surface area (Å²) < 4.78 is 1.13. The molecule has 1 amide bonds. The van der Waals surface area contributed by atoms with Crippen molar-refractivity contribution in [3.05, 3.63) is 11.6 Å². The summed E-state index contributed by atoms with van der Waals surface area (Å²) in [6, 6.07) is 0. The number of rotatable bonds is 6. The molecular formula is C17H24N2OS2. The van der Waals surface area contributed by atoms with Gasteiger partial charge >= 0.3 is 0 Å². The number of aromatic nitrogens is 1. The normalized spacial score (nSPS) is 35.7. The summed E-state index contributed by atoms with van der Waals surface area (Å²) in [7, 11) is 0. The first-order valence-electron chi connectivity index (χ1n) is 8.54. The van der Waals surface area contributed by atoms with Gasteiger partial charge in [-0.05, 0) is 62.7 Å². The minimum atomic E-state index is 0.0111. The zero-order chi connectivity index (χ0) is 15.0. The van der Waals surface area contributed by atoms with Crippen LogP contribution in [0.15, 0.2) is 15.9 Å². The van der Waals surface area contributed by atoms with Crippen molar-refractivity contribution >= 4 is 29.0 Å². The summed E-state index contributed by atoms with van der Waals surface area (Å²) in [6.07, 6.45) is 10.6. The molecule has 1 N–H and O–H groups in total. The molecule has 4 bridgehead atoms. The van der Waals surface area contributed by atoms with Crippen molar-refractivity contribution in [1.29, 1.82) is 0 Å². The van der Waals surface area contributed by atoms with Crippen molar-refractivity contribution in [3.8, 4) is 0 Å². The summed E-state index contributed by atoms with van der Waals surface area (Å²) in [5.74, 6) is 3.94. The number of amides is 1. The monoisotopic (exact) mass is 336 g/mol. The van der Waals surface area contributed by atoms with E-state index in [4.69, 9.17) is 0 Å². The second kappa shape index (κ2) is 6.16. The van der Waals surface area contributed by atoms with Crippen LogP contribution in [0.25, 0.3) is 0 Å². The van der Waals surface area contributed by atoms with Crippen LogP contribution in [0.1, 0.15) is 44.9 Å². The highest BCUT2D eigenvalue weighted by Gasteiger charge is 2.54. The molecule has 0 spiro atoms. The van der Waals surface area contributed by atoms with Gasteiger partial charge in [-0.3, -0.25) is 4.79 Å². The Morgan fingerprint density at radius 1 is 1.27 bits per heavy atom. The lowest BCUT2D eigenvalue weighted by molar-refractivity contribution is -0.146. The molecule has 3 nitrogen and oxygen atoms in total. The first kappa shape index (κ1) is 15.0. The van der Waals surface area contributed by atoms with Crippen LogP contribution in [0.2, 0.25) is 0 Å². The van der Waals surface area contributed by atoms with E-state index in [0.717, 1.165) is 40.8 Å². The van der Waals surface area contributed by atoms with Crippen LogP contribution in [0.4, 0.5) is 0 Å². The van der Waals surface area contributed by atoms with Crippen molar-refractivity contribution in [1.82, 2.24) is 10.3 Å². The minimum absolute atomic E-state index is 0.0111. The molecule has 0 saturated heterocycles. The van der Waals surface area contributed by atoms with Crippen LogP contribution >= 0.6 is 23.1 Å². The zero-order valence-corrected chi connectivity index (χ0v) is 14.6. The topological polar surface area (TPSA) is 42.0 Å². The number of carbonyl (C=O) groups is 1. The molecule has 1 heterocycles. The van der Waals surface area contributed by atoms with Crippen molar-refractivity contribution < 1.29 is 4.79 Å². The Balaban J connectivity index is 1.24. The van der Waals surface area contributed by atoms with E-state index in [1.165, 1.54) is 38.5 Å². The van der Waals surface area contributed by atoms with Gasteiger partial charge in [0.1, 0.15) is 4.34 Å². The van der Waals surface area contributed by atoms with Crippen LogP contribution in [0, 0.1) is 23.2 Å². The molecule has 22 heavy (non-hydrogen) atoms. The molecule has 4 aliphatic carbocycles. The molecule has 4 saturated carbocycles. The smallest absolute Gasteiger partial charge is 0.226 e. The first-order valence-corrected chi connectivity index (χ1v) is 10.4. The zero-order valence-electron chi connectivity index (χ0n) is 12.9. The standard InChI is InChI=1S/C17H24N2OS2/c20-15(18-2-1-4-21-16-19-3-5-22-16)17-9-12-6-13(10-17)8-14(7-12)11-17/h3,5,12-14H,1-2,4,6-11H2,(H,18,20). The van der Waals surface area contributed by atoms with Crippen molar-refractivity contribution in [2.45, 2.75) is 49.3 Å². The third-order valence-electron chi connectivity index (χ3n) is 5.76. The molecule has 5 heteroatoms. The van der Waals surface area contributed by atoms with Crippen LogP contribution in [0.3, 0.4) is 0 Å². The maximum Gasteiger partial charge on any atom is 0.226 e. The fourth-order valence-corrected chi connectivity index (χ4v) is 6.94. The Morgan fingerprint density at radius 2 is 1.95 bits per heavy atom. The lowest BCUT2D eigenvalue weighted by atomic mass is 9.49. The number of hydrogen-bond donors (Lipinski definition) is 1. The first-order chi connectivity index (χ1) is 10.7. The molecule has 5 rings (SSSR count). The van der Waals surface area contributed by atoms with E-state index in [1.54, 1.807) is 23.1 Å². The summed E-state index contributed by atoms with van der Waals surface area (Å²) in [5.41, 5.74) is 0.0111. The van der Waals surface area contributed by atoms with Gasteiger partial charge in [0, 0.05) is 29.3 Å². The number of nitrogens with zero attached hydrogens (tertiary/aromatic N) is 1. The van der Waals surface area contributed by atoms with Gasteiger partial charge in [-0.1, -0.05) is 11.8 Å². The van der Waals surface area contributed by atoms with Crippen LogP contribution in [-0.2, 0) is 4.79 Å². The largest absolute Gasteiger partial charge is 0.356 e. The van der Waals surface area contributed by atoms with Crippen LogP contribution in [0.5, 0.6) is 0 Å². The second-order valence-corrected chi connectivity index (χ2v) is 9.69. The molecule has 1 aromatic heterocycles. The van der Waals surface area contributed by atoms with Gasteiger partial charge in [-0.15, -0.1) is 11.3 Å². The lowest BCUT2D eigenvalue weighted by Crippen LogP contribution is -2.53. The van der Waals surface area contributed by atoms with Crippen molar-refractivity contribution in [2.24, 2.45) is 23.2 Å². The Hall–Kier alpha value is -0.550. The maximum absolute atomic E-state index is 12.8. The SMILES string of the molecule is O=C(NCCCSc1nccs1)C12CC3CC(CC(C3)C1)C2. The molecule has 0 aromatic carbocycles. The molecule has 0 radical (unpaired) electrons. The number of carbonyl (C=O) groups excluding carboxylic acids is 1. The summed E-state index contributed by atoms with van der Waals surface area (Å²) >= 11 is 3.48. The van der Waals surface area contributed by atoms with Gasteiger partial charge in [-0.2, -0.15) is 0 Å². The molecular weight excluding hydrogens is 312 g/mol. The van der Waals surface area contributed by atoms with E-state index in [0.29, 0.717) is 5.91 Å². The van der Waals surface area contributed by atoms with Crippen molar-refractivity contribution in [3.63, 3.8) is 0 Å². The molecule has 0 atom stereocenters. The van der Waals surface area contributed by atoms with E-state index in [9.17, 15) is 4.79 Å². The highest BCUT2D eigenvalue weighted by molar-refractivity contribution is 8.00. The number of hydrogen-bond acceptors (Lipinski definition) is 4. The molecule has 1 aromatic rings. The average Bonchev–Trinajstić information content (AvgIpc) is 2.98. The number of thioether (sulfide) groups is 1. The summed E-state index contributed by atoms with van der Waals surface area (Å²) in [6.45, 7) is 0.818. The van der Waals surface area contributed by atoms with Crippen LogP contribution in [-0.4, -0.2) is 23.2 Å². The van der Waals surface area contributed by atoms with Gasteiger partial charge in [0.2, 0.25) is 5.91 Å². The fraction of sp³-hybridized carbons (Fsp3) is 0.765. The molecule has 0 aliphatic heterocycles. The van der Waals surface area contributed by atoms with Crippen LogP contribution < -0.4 is 5.32 Å². The van der Waals surface area contributed by atoms with Gasteiger partial charge in [-0.25, -0.2) is 4.98 Å². The predicted octanol–water partition coefficient (Wildman–Crippen LogP) is 3.96. The third kappa shape index (κ3) is 2.94. The Morgan fingerprint density at radius 3 is 2.55 bits per heavy atom. The fourth-order valence-electron chi connectivity index (χ4n) is 5.29. The second-order valence-electron chi connectivity index (χ2n) is 7.45. The van der Waals surface area contributed by atoms with E-state index in [2.05, 4.69) is 10.3 Å². The Kier molecular flexibility index (Phi) is 4.20. The van der Waals surface area contributed by atoms with Gasteiger partial charge < -0.3 is 5.32 Å². The Bertz CT molecular complexity index is 493. The highest BCUT2D eigenvalue weighted by atomic mass is 32.2. The van der Waals surface area contributed by atoms with E-state index >= 15 is 0 Å². The van der Waals surface area contributed by atoms with E-state index in [1.807, 2.05) is 11.6 Å². The Labute approximate surface area is 140 Å². The molecule has 120 valence electrons. The number of nitrogens with one attached hydrogen (secondary N) is 1. The third-order valence-corrected chi connectivity index (χ3v) is 7.81. The molecule has 4 fully saturated rings. The van der Waals surface area contributed by atoms with Gasteiger partial charge in [0.05, 0.1) is 0 Å². The minimum Gasteiger partial charge on any atom is -0.356 e. The predicted molar refractivity (Wildman–Crippen MR) is 91.1 cm³/mol.